The summed E-state index contributed by atoms with van der Waals surface area (Å²) in [5, 5.41) is 15.8. The van der Waals surface area contributed by atoms with Crippen molar-refractivity contribution in [1.82, 2.24) is 24.2 Å². The Morgan fingerprint density at radius 1 is 1.16 bits per heavy atom. The molecule has 0 radical (unpaired) electrons. The molecule has 3 aromatic heterocycles. The third-order valence-corrected chi connectivity index (χ3v) is 8.75. The van der Waals surface area contributed by atoms with Gasteiger partial charge in [-0.2, -0.15) is 5.10 Å². The summed E-state index contributed by atoms with van der Waals surface area (Å²) in [6, 6.07) is 12.0. The zero-order chi connectivity index (χ0) is 27.0. The number of carbonyl (C=O) groups excluding carboxylic acids is 1. The van der Waals surface area contributed by atoms with E-state index < -0.39 is 5.60 Å². The number of fused-ring (bicyclic) bond motifs is 1. The van der Waals surface area contributed by atoms with E-state index in [9.17, 15) is 14.7 Å². The van der Waals surface area contributed by atoms with E-state index in [1.54, 1.807) is 23.1 Å². The van der Waals surface area contributed by atoms with Crippen LogP contribution in [-0.2, 0) is 24.9 Å². The van der Waals surface area contributed by atoms with E-state index in [4.69, 9.17) is 5.73 Å². The highest BCUT2D eigenvalue weighted by atomic mass is 32.1. The molecule has 0 unspecified atom stereocenters. The summed E-state index contributed by atoms with van der Waals surface area (Å²) in [6.45, 7) is 5.64. The fraction of sp³-hybridized carbons (Fsp3) is 0.429. The zero-order valence-electron chi connectivity index (χ0n) is 22.1. The Morgan fingerprint density at radius 3 is 2.50 bits per heavy atom. The number of benzene rings is 1. The number of amides is 1. The molecule has 0 bridgehead atoms. The lowest BCUT2D eigenvalue weighted by Crippen LogP contribution is -2.49. The summed E-state index contributed by atoms with van der Waals surface area (Å²) in [5.74, 6) is 0.270. The van der Waals surface area contributed by atoms with Crippen LogP contribution in [0.5, 0.6) is 0 Å². The van der Waals surface area contributed by atoms with Crippen molar-refractivity contribution in [3.63, 3.8) is 0 Å². The van der Waals surface area contributed by atoms with E-state index in [2.05, 4.69) is 36.1 Å². The van der Waals surface area contributed by atoms with Crippen molar-refractivity contribution >= 4 is 28.3 Å². The number of rotatable bonds is 7. The molecule has 1 aliphatic heterocycles. The largest absolute Gasteiger partial charge is 0.388 e. The van der Waals surface area contributed by atoms with Crippen LogP contribution in [0.15, 0.2) is 47.5 Å². The average Bonchev–Trinajstić information content (AvgIpc) is 3.49. The number of aryl methyl sites for hydroxylation is 2. The van der Waals surface area contributed by atoms with Crippen LogP contribution in [-0.4, -0.2) is 53.9 Å². The molecule has 3 N–H and O–H groups in total. The van der Waals surface area contributed by atoms with E-state index in [0.717, 1.165) is 16.8 Å². The SMILES string of the molecule is Cc1ccc([C@H](C)CC(=O)N2CCC(O)(Cn3cnc4c(-c5ccc(CN)cc5)n(C)nc4c3=O)CC2)s1. The third-order valence-electron chi connectivity index (χ3n) is 7.51. The van der Waals surface area contributed by atoms with Crippen molar-refractivity contribution in [2.24, 2.45) is 12.8 Å². The van der Waals surface area contributed by atoms with Gasteiger partial charge in [-0.1, -0.05) is 31.2 Å². The maximum Gasteiger partial charge on any atom is 0.281 e. The van der Waals surface area contributed by atoms with Crippen LogP contribution in [0.3, 0.4) is 0 Å². The first kappa shape index (κ1) is 26.3. The molecular formula is C28H34N6O3S. The van der Waals surface area contributed by atoms with Crippen LogP contribution in [0.4, 0.5) is 0 Å². The second kappa shape index (κ2) is 10.4. The van der Waals surface area contributed by atoms with Crippen LogP contribution >= 0.6 is 11.3 Å². The Labute approximate surface area is 225 Å². The fourth-order valence-electron chi connectivity index (χ4n) is 5.19. The lowest BCUT2D eigenvalue weighted by Gasteiger charge is -2.38. The van der Waals surface area contributed by atoms with Gasteiger partial charge in [-0.05, 0) is 43.4 Å². The van der Waals surface area contributed by atoms with Crippen LogP contribution < -0.4 is 11.3 Å². The normalized spacial score (nSPS) is 16.2. The van der Waals surface area contributed by atoms with E-state index in [-0.39, 0.29) is 29.4 Å². The molecule has 0 saturated carbocycles. The Bertz CT molecular complexity index is 1510. The first-order valence-corrected chi connectivity index (χ1v) is 13.8. The van der Waals surface area contributed by atoms with E-state index in [1.165, 1.54) is 20.6 Å². The Balaban J connectivity index is 1.28. The molecule has 5 rings (SSSR count). The Morgan fingerprint density at radius 2 is 1.87 bits per heavy atom. The molecule has 0 aliphatic carbocycles. The van der Waals surface area contributed by atoms with Crippen molar-refractivity contribution < 1.29 is 9.90 Å². The standard InChI is InChI=1S/C28H34N6O3S/c1-18(22-9-4-19(2)38-22)14-23(35)33-12-10-28(37,11-13-33)16-34-17-30-24-25(27(34)36)31-32(3)26(24)21-7-5-20(15-29)6-8-21/h4-9,17-18,37H,10-16,29H2,1-3H3/t18-/m1/s1. The van der Waals surface area contributed by atoms with Gasteiger partial charge in [0.05, 0.1) is 24.2 Å². The molecular weight excluding hydrogens is 500 g/mol. The Hall–Kier alpha value is -3.34. The topological polar surface area (TPSA) is 119 Å². The van der Waals surface area contributed by atoms with Crippen molar-refractivity contribution in [1.29, 1.82) is 0 Å². The maximum atomic E-state index is 13.3. The predicted octanol–water partition coefficient (Wildman–Crippen LogP) is 3.17. The van der Waals surface area contributed by atoms with Gasteiger partial charge in [-0.25, -0.2) is 4.98 Å². The number of likely N-dealkylation sites (tertiary alicyclic amines) is 1. The fourth-order valence-corrected chi connectivity index (χ4v) is 6.12. The highest BCUT2D eigenvalue weighted by molar-refractivity contribution is 7.12. The first-order chi connectivity index (χ1) is 18.2. The minimum absolute atomic E-state index is 0.103. The summed E-state index contributed by atoms with van der Waals surface area (Å²) in [5.41, 5.74) is 7.79. The number of nitrogens with two attached hydrogens (primary N) is 1. The molecule has 1 saturated heterocycles. The molecule has 9 nitrogen and oxygen atoms in total. The molecule has 0 spiro atoms. The van der Waals surface area contributed by atoms with Gasteiger partial charge >= 0.3 is 0 Å². The van der Waals surface area contributed by atoms with Crippen molar-refractivity contribution in [2.45, 2.75) is 57.7 Å². The molecule has 10 heteroatoms. The van der Waals surface area contributed by atoms with Crippen molar-refractivity contribution in [3.05, 3.63) is 68.4 Å². The highest BCUT2D eigenvalue weighted by Crippen LogP contribution is 2.30. The van der Waals surface area contributed by atoms with Crippen LogP contribution in [0.1, 0.15) is 47.4 Å². The highest BCUT2D eigenvalue weighted by Gasteiger charge is 2.35. The molecule has 1 aliphatic rings. The first-order valence-electron chi connectivity index (χ1n) is 13.0. The van der Waals surface area contributed by atoms with Gasteiger partial charge < -0.3 is 15.7 Å². The molecule has 1 fully saturated rings. The maximum absolute atomic E-state index is 13.3. The summed E-state index contributed by atoms with van der Waals surface area (Å²) >= 11 is 1.73. The van der Waals surface area contributed by atoms with Gasteiger partial charge in [0, 0.05) is 48.4 Å². The number of carbonyl (C=O) groups is 1. The molecule has 4 heterocycles. The molecule has 1 amide bonds. The van der Waals surface area contributed by atoms with Crippen LogP contribution in [0, 0.1) is 6.92 Å². The smallest absolute Gasteiger partial charge is 0.281 e. The second-order valence-electron chi connectivity index (χ2n) is 10.4. The lowest BCUT2D eigenvalue weighted by atomic mass is 9.90. The number of aliphatic hydroxyl groups is 1. The summed E-state index contributed by atoms with van der Waals surface area (Å²) < 4.78 is 3.10. The van der Waals surface area contributed by atoms with Gasteiger partial charge in [0.1, 0.15) is 5.52 Å². The zero-order valence-corrected chi connectivity index (χ0v) is 22.9. The van der Waals surface area contributed by atoms with Gasteiger partial charge in [-0.3, -0.25) is 18.8 Å². The molecule has 1 atom stereocenters. The summed E-state index contributed by atoms with van der Waals surface area (Å²) in [6.07, 6.45) is 2.74. The third kappa shape index (κ3) is 5.16. The van der Waals surface area contributed by atoms with Gasteiger partial charge in [0.15, 0.2) is 5.52 Å². The van der Waals surface area contributed by atoms with Gasteiger partial charge in [-0.15, -0.1) is 11.3 Å². The van der Waals surface area contributed by atoms with E-state index in [1.807, 2.05) is 29.2 Å². The number of hydrogen-bond donors (Lipinski definition) is 2. The molecule has 1 aromatic carbocycles. The quantitative estimate of drug-likeness (QED) is 0.376. The van der Waals surface area contributed by atoms with Gasteiger partial charge in [0.25, 0.3) is 5.56 Å². The molecule has 200 valence electrons. The predicted molar refractivity (Wildman–Crippen MR) is 149 cm³/mol. The second-order valence-corrected chi connectivity index (χ2v) is 11.7. The van der Waals surface area contributed by atoms with E-state index >= 15 is 0 Å². The number of nitrogens with zero attached hydrogens (tertiary/aromatic N) is 5. The average molecular weight is 535 g/mol. The van der Waals surface area contributed by atoms with Crippen LogP contribution in [0.25, 0.3) is 22.3 Å². The van der Waals surface area contributed by atoms with E-state index in [0.29, 0.717) is 44.4 Å². The number of piperidine rings is 1. The summed E-state index contributed by atoms with van der Waals surface area (Å²) in [7, 11) is 1.79. The minimum atomic E-state index is -1.10. The number of aromatic nitrogens is 4. The molecule has 38 heavy (non-hydrogen) atoms. The molecule has 4 aromatic rings. The minimum Gasteiger partial charge on any atom is -0.388 e. The van der Waals surface area contributed by atoms with Crippen molar-refractivity contribution in [2.75, 3.05) is 13.1 Å². The lowest BCUT2D eigenvalue weighted by molar-refractivity contribution is -0.136. The van der Waals surface area contributed by atoms with Crippen LogP contribution in [0.2, 0.25) is 0 Å². The van der Waals surface area contributed by atoms with Crippen molar-refractivity contribution in [3.8, 4) is 11.3 Å². The number of thiophene rings is 1. The monoisotopic (exact) mass is 534 g/mol. The van der Waals surface area contributed by atoms with Gasteiger partial charge in [0.2, 0.25) is 5.91 Å². The summed E-state index contributed by atoms with van der Waals surface area (Å²) in [4.78, 5) is 35.1. The Kier molecular flexibility index (Phi) is 7.21. The number of hydrogen-bond acceptors (Lipinski definition) is 7.